The molecule has 11 heteroatoms. The van der Waals surface area contributed by atoms with Crippen LogP contribution in [0.25, 0.3) is 11.0 Å². The van der Waals surface area contributed by atoms with E-state index in [4.69, 9.17) is 9.47 Å². The Morgan fingerprint density at radius 3 is 2.77 bits per heavy atom. The minimum atomic E-state index is -3.85. The highest BCUT2D eigenvalue weighted by atomic mass is 32.2. The molecule has 0 N–H and O–H groups in total. The van der Waals surface area contributed by atoms with E-state index in [9.17, 15) is 13.2 Å². The first-order chi connectivity index (χ1) is 19.1. The second-order valence-corrected chi connectivity index (χ2v) is 12.0. The van der Waals surface area contributed by atoms with E-state index < -0.39 is 10.0 Å². The lowest BCUT2D eigenvalue weighted by Crippen LogP contribution is -2.35. The normalized spacial score (nSPS) is 17.6. The van der Waals surface area contributed by atoms with Crippen molar-refractivity contribution in [3.05, 3.63) is 76.5 Å². The molecular formula is C29H33N5O5S. The highest BCUT2D eigenvalue weighted by Crippen LogP contribution is 2.36. The van der Waals surface area contributed by atoms with Crippen LogP contribution in [0.3, 0.4) is 0 Å². The molecule has 210 valence electrons. The number of sulfonamides is 1. The van der Waals surface area contributed by atoms with Crippen LogP contribution in [0.2, 0.25) is 0 Å². The first-order valence-electron chi connectivity index (χ1n) is 13.3. The van der Waals surface area contributed by atoms with Crippen molar-refractivity contribution < 1.29 is 22.7 Å². The summed E-state index contributed by atoms with van der Waals surface area (Å²) in [4.78, 5) is 17.0. The molecule has 1 aliphatic heterocycles. The number of carbonyl (C=O) groups excluding carboxylic acids is 1. The number of carbonyl (C=O) groups is 1. The number of fused-ring (bicyclic) bond motifs is 2. The molecular weight excluding hydrogens is 530 g/mol. The number of nitrogens with zero attached hydrogens (tertiary/aromatic N) is 5. The molecule has 0 aliphatic carbocycles. The number of hydrogen-bond acceptors (Lipinski definition) is 8. The highest BCUT2D eigenvalue weighted by Gasteiger charge is 2.34. The molecule has 4 aromatic rings. The smallest absolute Gasteiger partial charge is 0.306 e. The van der Waals surface area contributed by atoms with Crippen molar-refractivity contribution in [3.63, 3.8) is 0 Å². The van der Waals surface area contributed by atoms with E-state index in [0.29, 0.717) is 0 Å². The summed E-state index contributed by atoms with van der Waals surface area (Å²) in [5, 5.41) is 8.49. The number of pyridine rings is 1. The number of benzene rings is 2. The second-order valence-electron chi connectivity index (χ2n) is 10.1. The van der Waals surface area contributed by atoms with Crippen LogP contribution < -0.4 is 4.74 Å². The Hall–Kier alpha value is -3.83. The quantitative estimate of drug-likeness (QED) is 0.310. The molecule has 2 atom stereocenters. The third-order valence-electron chi connectivity index (χ3n) is 7.38. The van der Waals surface area contributed by atoms with E-state index >= 15 is 0 Å². The molecule has 0 bridgehead atoms. The Labute approximate surface area is 234 Å². The fraction of sp³-hybridized carbons (Fsp3) is 0.379. The van der Waals surface area contributed by atoms with Crippen LogP contribution in [0.1, 0.15) is 54.0 Å². The Morgan fingerprint density at radius 1 is 1.20 bits per heavy atom. The zero-order valence-corrected chi connectivity index (χ0v) is 24.1. The molecule has 2 aromatic heterocycles. The van der Waals surface area contributed by atoms with Crippen LogP contribution >= 0.6 is 0 Å². The number of aryl methyl sites for hydroxylation is 3. The third kappa shape index (κ3) is 5.18. The molecule has 0 saturated heterocycles. The Balaban J connectivity index is 1.56. The second kappa shape index (κ2) is 11.0. The van der Waals surface area contributed by atoms with Crippen LogP contribution in [-0.4, -0.2) is 57.9 Å². The van der Waals surface area contributed by atoms with E-state index in [0.717, 1.165) is 38.9 Å². The van der Waals surface area contributed by atoms with Gasteiger partial charge in [0.1, 0.15) is 16.5 Å². The molecule has 40 heavy (non-hydrogen) atoms. The van der Waals surface area contributed by atoms with Gasteiger partial charge in [-0.3, -0.25) is 4.79 Å². The highest BCUT2D eigenvalue weighted by molar-refractivity contribution is 7.89. The van der Waals surface area contributed by atoms with Crippen LogP contribution in [0, 0.1) is 13.8 Å². The molecule has 1 unspecified atom stereocenters. The van der Waals surface area contributed by atoms with Gasteiger partial charge in [-0.25, -0.2) is 18.1 Å². The summed E-state index contributed by atoms with van der Waals surface area (Å²) in [7, 11) is -2.01. The average molecular weight is 564 g/mol. The number of aromatic nitrogens is 4. The van der Waals surface area contributed by atoms with Gasteiger partial charge in [0.2, 0.25) is 15.9 Å². The predicted molar refractivity (Wildman–Crippen MR) is 149 cm³/mol. The van der Waals surface area contributed by atoms with Gasteiger partial charge in [0, 0.05) is 25.7 Å². The third-order valence-corrected chi connectivity index (χ3v) is 9.21. The van der Waals surface area contributed by atoms with Crippen molar-refractivity contribution in [2.24, 2.45) is 7.05 Å². The van der Waals surface area contributed by atoms with Gasteiger partial charge in [-0.1, -0.05) is 29.5 Å². The number of hydrogen-bond donors (Lipinski definition) is 0. The van der Waals surface area contributed by atoms with Crippen molar-refractivity contribution in [1.29, 1.82) is 0 Å². The van der Waals surface area contributed by atoms with Crippen molar-refractivity contribution in [2.75, 3.05) is 13.2 Å². The monoisotopic (exact) mass is 563 g/mol. The van der Waals surface area contributed by atoms with Crippen molar-refractivity contribution in [2.45, 2.75) is 57.6 Å². The summed E-state index contributed by atoms with van der Waals surface area (Å²) in [6.45, 7) is 8.17. The molecule has 0 saturated carbocycles. The van der Waals surface area contributed by atoms with Crippen LogP contribution in [0.15, 0.2) is 53.6 Å². The molecule has 1 aliphatic rings. The summed E-state index contributed by atoms with van der Waals surface area (Å²) in [6.07, 6.45) is 1.27. The Morgan fingerprint density at radius 2 is 2.00 bits per heavy atom. The van der Waals surface area contributed by atoms with Gasteiger partial charge in [-0.15, -0.1) is 5.10 Å². The molecule has 10 nitrogen and oxygen atoms in total. The summed E-state index contributed by atoms with van der Waals surface area (Å²) in [5.41, 5.74) is 6.23. The number of ether oxygens (including phenoxy) is 2. The summed E-state index contributed by atoms with van der Waals surface area (Å²) >= 11 is 0. The fourth-order valence-electron chi connectivity index (χ4n) is 5.25. The van der Waals surface area contributed by atoms with Gasteiger partial charge in [-0.2, -0.15) is 4.31 Å². The standard InChI is InChI=1S/C29H33N5O5S/c1-6-38-27(35)15-24(23-11-12-25-28(20(23)4)31-32-33(25)5)21-10-9-18(2)22(14-21)17-34-16-19(3)39-29-26(40(34,36)37)8-7-13-30-29/h7-14,19,24H,6,15-17H2,1-5H3/t19-,24?/m1/s1. The largest absolute Gasteiger partial charge is 0.472 e. The van der Waals surface area contributed by atoms with E-state index in [2.05, 4.69) is 15.3 Å². The van der Waals surface area contributed by atoms with E-state index in [-0.39, 0.29) is 54.9 Å². The molecule has 5 rings (SSSR count). The fourth-order valence-corrected chi connectivity index (χ4v) is 6.82. The lowest BCUT2D eigenvalue weighted by Gasteiger charge is -2.24. The zero-order valence-electron chi connectivity index (χ0n) is 23.3. The lowest BCUT2D eigenvalue weighted by molar-refractivity contribution is -0.143. The molecule has 3 heterocycles. The Kier molecular flexibility index (Phi) is 7.61. The van der Waals surface area contributed by atoms with Crippen molar-refractivity contribution in [3.8, 4) is 5.88 Å². The summed E-state index contributed by atoms with van der Waals surface area (Å²) < 4.78 is 41.6. The van der Waals surface area contributed by atoms with E-state index in [1.165, 1.54) is 16.6 Å². The molecule has 0 amide bonds. The zero-order chi connectivity index (χ0) is 28.6. The lowest BCUT2D eigenvalue weighted by atomic mass is 9.84. The first-order valence-corrected chi connectivity index (χ1v) is 14.7. The maximum absolute atomic E-state index is 13.6. The van der Waals surface area contributed by atoms with Crippen LogP contribution in [0.4, 0.5) is 0 Å². The van der Waals surface area contributed by atoms with E-state index in [1.807, 2.05) is 58.2 Å². The van der Waals surface area contributed by atoms with Crippen molar-refractivity contribution in [1.82, 2.24) is 24.3 Å². The maximum Gasteiger partial charge on any atom is 0.306 e. The van der Waals surface area contributed by atoms with E-state index in [1.54, 1.807) is 17.7 Å². The van der Waals surface area contributed by atoms with Gasteiger partial charge >= 0.3 is 5.97 Å². The SMILES string of the molecule is CCOC(=O)CC(c1ccc(C)c(CN2C[C@@H](C)Oc3ncccc3S2(=O)=O)c1)c1ccc2c(nnn2C)c1C. The minimum absolute atomic E-state index is 0.0567. The van der Waals surface area contributed by atoms with Crippen LogP contribution in [-0.2, 0) is 33.1 Å². The summed E-state index contributed by atoms with van der Waals surface area (Å²) in [6, 6.07) is 13.0. The van der Waals surface area contributed by atoms with Crippen LogP contribution in [0.5, 0.6) is 5.88 Å². The van der Waals surface area contributed by atoms with Gasteiger partial charge in [0.05, 0.1) is 25.1 Å². The molecule has 0 spiro atoms. The Bertz CT molecular complexity index is 1680. The van der Waals surface area contributed by atoms with Gasteiger partial charge in [-0.05, 0) is 73.7 Å². The average Bonchev–Trinajstić information content (AvgIpc) is 3.26. The molecule has 2 aromatic carbocycles. The van der Waals surface area contributed by atoms with Gasteiger partial charge in [0.25, 0.3) is 0 Å². The van der Waals surface area contributed by atoms with Crippen molar-refractivity contribution >= 4 is 27.0 Å². The molecule has 0 radical (unpaired) electrons. The molecule has 0 fully saturated rings. The number of rotatable bonds is 7. The predicted octanol–water partition coefficient (Wildman–Crippen LogP) is 4.04. The first kappa shape index (κ1) is 27.7. The minimum Gasteiger partial charge on any atom is -0.472 e. The number of esters is 1. The van der Waals surface area contributed by atoms with Gasteiger partial charge < -0.3 is 9.47 Å². The van der Waals surface area contributed by atoms with Gasteiger partial charge in [0.15, 0.2) is 0 Å². The maximum atomic E-state index is 13.6. The summed E-state index contributed by atoms with van der Waals surface area (Å²) in [5.74, 6) is -0.511. The topological polar surface area (TPSA) is 117 Å².